The van der Waals surface area contributed by atoms with Gasteiger partial charge in [0, 0.05) is 19.5 Å². The smallest absolute Gasteiger partial charge is 0.326 e. The Morgan fingerprint density at radius 2 is 2.00 bits per heavy atom. The maximum absolute atomic E-state index is 12.7. The highest BCUT2D eigenvalue weighted by Crippen LogP contribution is 2.26. The third-order valence-electron chi connectivity index (χ3n) is 4.46. The lowest BCUT2D eigenvalue weighted by atomic mass is 9.91. The van der Waals surface area contributed by atoms with Crippen molar-refractivity contribution in [3.05, 3.63) is 35.4 Å². The van der Waals surface area contributed by atoms with Crippen molar-refractivity contribution in [3.63, 3.8) is 0 Å². The molecule has 1 aromatic carbocycles. The minimum Gasteiger partial charge on any atom is -0.480 e. The molecule has 0 aromatic heterocycles. The molecule has 2 N–H and O–H groups in total. The summed E-state index contributed by atoms with van der Waals surface area (Å²) in [6, 6.07) is 7.04. The summed E-state index contributed by atoms with van der Waals surface area (Å²) in [5.41, 5.74) is 2.10. The predicted octanol–water partition coefficient (Wildman–Crippen LogP) is 1.02. The molecule has 2 aliphatic rings. The third-order valence-corrected chi connectivity index (χ3v) is 4.46. The highest BCUT2D eigenvalue weighted by atomic mass is 16.4. The van der Waals surface area contributed by atoms with E-state index in [9.17, 15) is 14.7 Å². The Kier molecular flexibility index (Phi) is 3.92. The number of nitrogens with zero attached hydrogens (tertiary/aromatic N) is 1. The van der Waals surface area contributed by atoms with Crippen molar-refractivity contribution in [3.8, 4) is 0 Å². The number of benzene rings is 1. The van der Waals surface area contributed by atoms with Gasteiger partial charge in [-0.15, -0.1) is 0 Å². The van der Waals surface area contributed by atoms with Gasteiger partial charge in [0.1, 0.15) is 6.04 Å². The van der Waals surface area contributed by atoms with Crippen LogP contribution in [0.15, 0.2) is 24.3 Å². The Morgan fingerprint density at radius 1 is 1.24 bits per heavy atom. The molecule has 3 rings (SSSR count). The number of carbonyl (C=O) groups excluding carboxylic acids is 1. The third kappa shape index (κ3) is 2.78. The van der Waals surface area contributed by atoms with Gasteiger partial charge in [-0.3, -0.25) is 4.79 Å². The van der Waals surface area contributed by atoms with Crippen LogP contribution in [-0.2, 0) is 22.6 Å². The lowest BCUT2D eigenvalue weighted by molar-refractivity contribution is -0.153. The standard InChI is InChI=1S/C16H20N2O3/c19-15(12-6-3-7-17-9-12)18-10-13-5-2-1-4-11(13)8-14(18)16(20)21/h1-2,4-5,12,14,17H,3,6-10H2,(H,20,21)/t12-,14?/m0/s1. The minimum atomic E-state index is -0.915. The molecule has 112 valence electrons. The molecule has 1 unspecified atom stereocenters. The van der Waals surface area contributed by atoms with Gasteiger partial charge in [0.25, 0.3) is 0 Å². The first-order chi connectivity index (χ1) is 10.2. The zero-order valence-electron chi connectivity index (χ0n) is 11.9. The van der Waals surface area contributed by atoms with Gasteiger partial charge in [0.2, 0.25) is 5.91 Å². The number of hydrogen-bond acceptors (Lipinski definition) is 3. The summed E-state index contributed by atoms with van der Waals surface area (Å²) in [4.78, 5) is 25.8. The topological polar surface area (TPSA) is 69.6 Å². The molecular formula is C16H20N2O3. The molecule has 0 radical (unpaired) electrons. The first-order valence-electron chi connectivity index (χ1n) is 7.47. The van der Waals surface area contributed by atoms with Gasteiger partial charge in [-0.05, 0) is 30.5 Å². The van der Waals surface area contributed by atoms with Crippen LogP contribution in [0.4, 0.5) is 0 Å². The Bertz CT molecular complexity index is 552. The normalized spacial score (nSPS) is 25.2. The lowest BCUT2D eigenvalue weighted by Crippen LogP contribution is -2.52. The number of rotatable bonds is 2. The number of piperidine rings is 1. The van der Waals surface area contributed by atoms with Gasteiger partial charge >= 0.3 is 5.97 Å². The molecule has 0 bridgehead atoms. The number of carbonyl (C=O) groups is 2. The molecule has 21 heavy (non-hydrogen) atoms. The monoisotopic (exact) mass is 288 g/mol. The van der Waals surface area contributed by atoms with Crippen LogP contribution < -0.4 is 5.32 Å². The zero-order chi connectivity index (χ0) is 14.8. The summed E-state index contributed by atoms with van der Waals surface area (Å²) in [5, 5.41) is 12.7. The van der Waals surface area contributed by atoms with Crippen molar-refractivity contribution in [1.29, 1.82) is 0 Å². The SMILES string of the molecule is O=C(O)C1Cc2ccccc2CN1C(=O)[C@H]1CCCNC1. The zero-order valence-corrected chi connectivity index (χ0v) is 11.9. The molecule has 5 nitrogen and oxygen atoms in total. The Labute approximate surface area is 123 Å². The fourth-order valence-electron chi connectivity index (χ4n) is 3.27. The highest BCUT2D eigenvalue weighted by Gasteiger charge is 2.37. The van der Waals surface area contributed by atoms with Crippen molar-refractivity contribution >= 4 is 11.9 Å². The van der Waals surface area contributed by atoms with Crippen LogP contribution in [0.25, 0.3) is 0 Å². The Balaban J connectivity index is 1.85. The minimum absolute atomic E-state index is 0.0240. The summed E-state index contributed by atoms with van der Waals surface area (Å²) >= 11 is 0. The van der Waals surface area contributed by atoms with Crippen molar-refractivity contribution in [1.82, 2.24) is 10.2 Å². The van der Waals surface area contributed by atoms with Crippen LogP contribution in [0.1, 0.15) is 24.0 Å². The van der Waals surface area contributed by atoms with Crippen molar-refractivity contribution < 1.29 is 14.7 Å². The molecule has 0 saturated carbocycles. The second-order valence-electron chi connectivity index (χ2n) is 5.84. The first-order valence-corrected chi connectivity index (χ1v) is 7.47. The van der Waals surface area contributed by atoms with Crippen molar-refractivity contribution in [2.45, 2.75) is 31.8 Å². The van der Waals surface area contributed by atoms with Gasteiger partial charge in [0.05, 0.1) is 5.92 Å². The molecular weight excluding hydrogens is 268 g/mol. The molecule has 0 aliphatic carbocycles. The van der Waals surface area contributed by atoms with Crippen LogP contribution >= 0.6 is 0 Å². The highest BCUT2D eigenvalue weighted by molar-refractivity contribution is 5.86. The van der Waals surface area contributed by atoms with Crippen molar-refractivity contribution in [2.75, 3.05) is 13.1 Å². The summed E-state index contributed by atoms with van der Waals surface area (Å²) < 4.78 is 0. The maximum Gasteiger partial charge on any atom is 0.326 e. The number of hydrogen-bond donors (Lipinski definition) is 2. The first kappa shape index (κ1) is 14.1. The number of carboxylic acid groups (broad SMARTS) is 1. The Morgan fingerprint density at radius 3 is 2.67 bits per heavy atom. The van der Waals surface area contributed by atoms with E-state index in [0.29, 0.717) is 19.5 Å². The van der Waals surface area contributed by atoms with Crippen LogP contribution in [0, 0.1) is 5.92 Å². The van der Waals surface area contributed by atoms with Crippen LogP contribution in [0.2, 0.25) is 0 Å². The molecule has 5 heteroatoms. The molecule has 1 amide bonds. The average molecular weight is 288 g/mol. The van der Waals surface area contributed by atoms with Gasteiger partial charge in [-0.2, -0.15) is 0 Å². The van der Waals surface area contributed by atoms with Crippen LogP contribution in [0.3, 0.4) is 0 Å². The molecule has 0 spiro atoms. The van der Waals surface area contributed by atoms with E-state index in [0.717, 1.165) is 30.5 Å². The van der Waals surface area contributed by atoms with Crippen molar-refractivity contribution in [2.24, 2.45) is 5.92 Å². The van der Waals surface area contributed by atoms with Crippen LogP contribution in [0.5, 0.6) is 0 Å². The summed E-state index contributed by atoms with van der Waals surface area (Å²) in [6.07, 6.45) is 2.21. The second-order valence-corrected chi connectivity index (χ2v) is 5.84. The van der Waals surface area contributed by atoms with E-state index in [-0.39, 0.29) is 11.8 Å². The average Bonchev–Trinajstić information content (AvgIpc) is 2.53. The largest absolute Gasteiger partial charge is 0.480 e. The van der Waals surface area contributed by atoms with E-state index in [1.165, 1.54) is 0 Å². The van der Waals surface area contributed by atoms with Gasteiger partial charge in [0.15, 0.2) is 0 Å². The van der Waals surface area contributed by atoms with Gasteiger partial charge < -0.3 is 15.3 Å². The number of fused-ring (bicyclic) bond motifs is 1. The van der Waals surface area contributed by atoms with Gasteiger partial charge in [-0.1, -0.05) is 24.3 Å². The summed E-state index contributed by atoms with van der Waals surface area (Å²) in [7, 11) is 0. The Hall–Kier alpha value is -1.88. The van der Waals surface area contributed by atoms with E-state index in [2.05, 4.69) is 5.32 Å². The summed E-state index contributed by atoms with van der Waals surface area (Å²) in [5.74, 6) is -1.03. The molecule has 2 heterocycles. The number of aliphatic carboxylic acids is 1. The fraction of sp³-hybridized carbons (Fsp3) is 0.500. The van der Waals surface area contributed by atoms with Gasteiger partial charge in [-0.25, -0.2) is 4.79 Å². The summed E-state index contributed by atoms with van der Waals surface area (Å²) in [6.45, 7) is 2.00. The molecule has 1 aromatic rings. The van der Waals surface area contributed by atoms with E-state index in [1.54, 1.807) is 4.90 Å². The molecule has 2 aliphatic heterocycles. The predicted molar refractivity (Wildman–Crippen MR) is 77.7 cm³/mol. The molecule has 1 saturated heterocycles. The van der Waals surface area contributed by atoms with E-state index >= 15 is 0 Å². The quantitative estimate of drug-likeness (QED) is 0.852. The molecule has 1 fully saturated rings. The fourth-order valence-corrected chi connectivity index (χ4v) is 3.27. The number of amides is 1. The maximum atomic E-state index is 12.7. The van der Waals surface area contributed by atoms with E-state index in [4.69, 9.17) is 0 Å². The number of nitrogens with one attached hydrogen (secondary N) is 1. The van der Waals surface area contributed by atoms with E-state index in [1.807, 2.05) is 24.3 Å². The van der Waals surface area contributed by atoms with E-state index < -0.39 is 12.0 Å². The lowest BCUT2D eigenvalue weighted by Gasteiger charge is -2.37. The van der Waals surface area contributed by atoms with Crippen LogP contribution in [-0.4, -0.2) is 41.0 Å². The number of carboxylic acids is 1. The second kappa shape index (κ2) is 5.85. The molecule has 2 atom stereocenters.